The lowest BCUT2D eigenvalue weighted by Gasteiger charge is -2.11. The van der Waals surface area contributed by atoms with E-state index < -0.39 is 0 Å². The highest BCUT2D eigenvalue weighted by atomic mass is 32.1. The van der Waals surface area contributed by atoms with Gasteiger partial charge in [-0.25, -0.2) is 4.98 Å². The molecule has 3 rings (SSSR count). The SMILES string of the molecule is CCn1c(NCCN)nc2sc(-c3ccccc3)cc2c1=O. The van der Waals surface area contributed by atoms with Crippen molar-refractivity contribution in [1.29, 1.82) is 0 Å². The summed E-state index contributed by atoms with van der Waals surface area (Å²) in [6.07, 6.45) is 0. The quantitative estimate of drug-likeness (QED) is 0.759. The number of nitrogens with two attached hydrogens (primary N) is 1. The fourth-order valence-electron chi connectivity index (χ4n) is 2.37. The lowest BCUT2D eigenvalue weighted by molar-refractivity contribution is 0.722. The molecule has 0 radical (unpaired) electrons. The number of aromatic nitrogens is 2. The maximum absolute atomic E-state index is 12.6. The second-order valence-electron chi connectivity index (χ2n) is 4.90. The van der Waals surface area contributed by atoms with E-state index in [1.807, 2.05) is 43.3 Å². The number of thiophene rings is 1. The highest BCUT2D eigenvalue weighted by Gasteiger charge is 2.13. The molecule has 114 valence electrons. The summed E-state index contributed by atoms with van der Waals surface area (Å²) in [5, 5.41) is 3.80. The monoisotopic (exact) mass is 314 g/mol. The molecule has 0 spiro atoms. The molecule has 0 aliphatic rings. The molecule has 6 heteroatoms. The molecule has 0 unspecified atom stereocenters. The molecule has 0 bridgehead atoms. The van der Waals surface area contributed by atoms with E-state index in [-0.39, 0.29) is 5.56 Å². The second-order valence-corrected chi connectivity index (χ2v) is 5.93. The van der Waals surface area contributed by atoms with Gasteiger partial charge >= 0.3 is 0 Å². The van der Waals surface area contributed by atoms with Gasteiger partial charge in [-0.2, -0.15) is 0 Å². The van der Waals surface area contributed by atoms with Crippen LogP contribution in [0.3, 0.4) is 0 Å². The molecule has 0 saturated heterocycles. The first-order valence-corrected chi connectivity index (χ1v) is 8.10. The molecule has 2 aromatic heterocycles. The van der Waals surface area contributed by atoms with Crippen LogP contribution in [-0.2, 0) is 6.54 Å². The van der Waals surface area contributed by atoms with Crippen LogP contribution in [0.2, 0.25) is 0 Å². The highest BCUT2D eigenvalue weighted by molar-refractivity contribution is 7.21. The molecule has 3 N–H and O–H groups in total. The number of fused-ring (bicyclic) bond motifs is 1. The molecule has 0 aliphatic heterocycles. The van der Waals surface area contributed by atoms with Gasteiger partial charge in [0.1, 0.15) is 4.83 Å². The normalized spacial score (nSPS) is 11.0. The Labute approximate surface area is 132 Å². The van der Waals surface area contributed by atoms with Gasteiger partial charge in [-0.3, -0.25) is 9.36 Å². The van der Waals surface area contributed by atoms with E-state index in [1.54, 1.807) is 4.57 Å². The average Bonchev–Trinajstić information content (AvgIpc) is 2.98. The summed E-state index contributed by atoms with van der Waals surface area (Å²) in [5.74, 6) is 0.590. The van der Waals surface area contributed by atoms with Gasteiger partial charge in [0, 0.05) is 24.5 Å². The Morgan fingerprint density at radius 3 is 2.77 bits per heavy atom. The number of anilines is 1. The molecule has 2 heterocycles. The van der Waals surface area contributed by atoms with Gasteiger partial charge in [0.15, 0.2) is 0 Å². The first-order chi connectivity index (χ1) is 10.7. The molecular formula is C16H18N4OS. The highest BCUT2D eigenvalue weighted by Crippen LogP contribution is 2.31. The van der Waals surface area contributed by atoms with E-state index in [2.05, 4.69) is 10.3 Å². The first-order valence-electron chi connectivity index (χ1n) is 7.28. The Kier molecular flexibility index (Phi) is 4.22. The maximum atomic E-state index is 12.6. The first kappa shape index (κ1) is 14.7. The molecular weight excluding hydrogens is 296 g/mol. The van der Waals surface area contributed by atoms with Crippen LogP contribution < -0.4 is 16.6 Å². The third kappa shape index (κ3) is 2.63. The van der Waals surface area contributed by atoms with Crippen molar-refractivity contribution >= 4 is 27.5 Å². The summed E-state index contributed by atoms with van der Waals surface area (Å²) in [7, 11) is 0. The zero-order valence-corrected chi connectivity index (χ0v) is 13.2. The Morgan fingerprint density at radius 2 is 2.09 bits per heavy atom. The van der Waals surface area contributed by atoms with Crippen molar-refractivity contribution in [2.75, 3.05) is 18.4 Å². The number of benzene rings is 1. The van der Waals surface area contributed by atoms with Crippen LogP contribution in [0.25, 0.3) is 20.7 Å². The molecule has 3 aromatic rings. The van der Waals surface area contributed by atoms with Crippen molar-refractivity contribution in [3.8, 4) is 10.4 Å². The van der Waals surface area contributed by atoms with Gasteiger partial charge in [-0.15, -0.1) is 11.3 Å². The zero-order valence-electron chi connectivity index (χ0n) is 12.4. The Hall–Kier alpha value is -2.18. The fourth-order valence-corrected chi connectivity index (χ4v) is 3.40. The molecule has 0 amide bonds. The lowest BCUT2D eigenvalue weighted by Crippen LogP contribution is -2.25. The molecule has 22 heavy (non-hydrogen) atoms. The van der Waals surface area contributed by atoms with Crippen molar-refractivity contribution in [2.24, 2.45) is 5.73 Å². The summed E-state index contributed by atoms with van der Waals surface area (Å²) in [6.45, 7) is 3.60. The summed E-state index contributed by atoms with van der Waals surface area (Å²) >= 11 is 1.54. The summed E-state index contributed by atoms with van der Waals surface area (Å²) in [6, 6.07) is 12.0. The number of nitrogens with zero attached hydrogens (tertiary/aromatic N) is 2. The Bertz CT molecular complexity index is 838. The van der Waals surface area contributed by atoms with Gasteiger partial charge in [-0.05, 0) is 18.6 Å². The van der Waals surface area contributed by atoms with Crippen molar-refractivity contribution in [3.05, 3.63) is 46.8 Å². The molecule has 0 fully saturated rings. The molecule has 1 aromatic carbocycles. The average molecular weight is 314 g/mol. The van der Waals surface area contributed by atoms with E-state index in [1.165, 1.54) is 11.3 Å². The van der Waals surface area contributed by atoms with Gasteiger partial charge in [0.05, 0.1) is 5.39 Å². The predicted molar refractivity (Wildman–Crippen MR) is 92.5 cm³/mol. The van der Waals surface area contributed by atoms with Crippen LogP contribution in [0.1, 0.15) is 6.92 Å². The molecule has 0 atom stereocenters. The Balaban J connectivity index is 2.15. The number of hydrogen-bond acceptors (Lipinski definition) is 5. The number of hydrogen-bond donors (Lipinski definition) is 2. The summed E-state index contributed by atoms with van der Waals surface area (Å²) in [5.41, 5.74) is 6.62. The third-order valence-electron chi connectivity index (χ3n) is 3.45. The van der Waals surface area contributed by atoms with E-state index in [9.17, 15) is 4.79 Å². The van der Waals surface area contributed by atoms with Crippen LogP contribution in [-0.4, -0.2) is 22.6 Å². The smallest absolute Gasteiger partial charge is 0.263 e. The van der Waals surface area contributed by atoms with Gasteiger partial charge < -0.3 is 11.1 Å². The van der Waals surface area contributed by atoms with Gasteiger partial charge in [0.2, 0.25) is 5.95 Å². The maximum Gasteiger partial charge on any atom is 0.263 e. The molecule has 0 saturated carbocycles. The Morgan fingerprint density at radius 1 is 1.32 bits per heavy atom. The molecule has 0 aliphatic carbocycles. The summed E-state index contributed by atoms with van der Waals surface area (Å²) in [4.78, 5) is 19.1. The lowest BCUT2D eigenvalue weighted by atomic mass is 10.2. The van der Waals surface area contributed by atoms with Crippen LogP contribution in [0.4, 0.5) is 5.95 Å². The minimum Gasteiger partial charge on any atom is -0.354 e. The standard InChI is InChI=1S/C16H18N4OS/c1-2-20-15(21)12-10-13(11-6-4-3-5-7-11)22-14(12)19-16(20)18-9-8-17/h3-7,10H,2,8-9,17H2,1H3,(H,18,19). The van der Waals surface area contributed by atoms with Crippen molar-refractivity contribution in [3.63, 3.8) is 0 Å². The fraction of sp³-hybridized carbons (Fsp3) is 0.250. The molecule has 5 nitrogen and oxygen atoms in total. The van der Waals surface area contributed by atoms with Crippen LogP contribution in [0, 0.1) is 0 Å². The van der Waals surface area contributed by atoms with Crippen LogP contribution >= 0.6 is 11.3 Å². The third-order valence-corrected chi connectivity index (χ3v) is 4.53. The van der Waals surface area contributed by atoms with E-state index in [0.717, 1.165) is 15.3 Å². The van der Waals surface area contributed by atoms with Crippen molar-refractivity contribution in [1.82, 2.24) is 9.55 Å². The zero-order chi connectivity index (χ0) is 15.5. The van der Waals surface area contributed by atoms with Crippen LogP contribution in [0.5, 0.6) is 0 Å². The van der Waals surface area contributed by atoms with E-state index in [4.69, 9.17) is 5.73 Å². The topological polar surface area (TPSA) is 72.9 Å². The van der Waals surface area contributed by atoms with Crippen molar-refractivity contribution in [2.45, 2.75) is 13.5 Å². The summed E-state index contributed by atoms with van der Waals surface area (Å²) < 4.78 is 1.65. The predicted octanol–water partition coefficient (Wildman–Crippen LogP) is 2.52. The van der Waals surface area contributed by atoms with Gasteiger partial charge in [0.25, 0.3) is 5.56 Å². The van der Waals surface area contributed by atoms with Crippen LogP contribution in [0.15, 0.2) is 41.2 Å². The van der Waals surface area contributed by atoms with Gasteiger partial charge in [-0.1, -0.05) is 30.3 Å². The van der Waals surface area contributed by atoms with E-state index >= 15 is 0 Å². The van der Waals surface area contributed by atoms with E-state index in [0.29, 0.717) is 31.0 Å². The van der Waals surface area contributed by atoms with Crippen molar-refractivity contribution < 1.29 is 0 Å². The minimum absolute atomic E-state index is 0.00884. The number of nitrogens with one attached hydrogen (secondary N) is 1. The minimum atomic E-state index is -0.00884. The largest absolute Gasteiger partial charge is 0.354 e. The second kappa shape index (κ2) is 6.29. The number of rotatable bonds is 5.